The van der Waals surface area contributed by atoms with E-state index in [2.05, 4.69) is 15.3 Å². The number of ether oxygens (including phenoxy) is 1. The fraction of sp³-hybridized carbons (Fsp3) is 0.667. The molecule has 0 fully saturated rings. The maximum atomic E-state index is 8.54. The van der Waals surface area contributed by atoms with E-state index >= 15 is 0 Å². The summed E-state index contributed by atoms with van der Waals surface area (Å²) in [4.78, 5) is 8.54. The molecule has 1 heterocycles. The maximum Gasteiger partial charge on any atom is 0.135 e. The van der Waals surface area contributed by atoms with Gasteiger partial charge in [-0.1, -0.05) is 25.4 Å². The molecule has 2 N–H and O–H groups in total. The number of aliphatic hydroxyl groups is 1. The molecule has 18 heavy (non-hydrogen) atoms. The van der Waals surface area contributed by atoms with Crippen LogP contribution in [0.2, 0.25) is 5.15 Å². The van der Waals surface area contributed by atoms with Gasteiger partial charge in [-0.05, 0) is 6.42 Å². The second-order valence-corrected chi connectivity index (χ2v) is 4.59. The van der Waals surface area contributed by atoms with Crippen molar-refractivity contribution in [3.8, 4) is 0 Å². The summed E-state index contributed by atoms with van der Waals surface area (Å²) in [5, 5.41) is 12.2. The van der Waals surface area contributed by atoms with Crippen molar-refractivity contribution in [2.75, 3.05) is 31.7 Å². The van der Waals surface area contributed by atoms with Gasteiger partial charge < -0.3 is 15.2 Å². The van der Waals surface area contributed by atoms with Gasteiger partial charge in [0.2, 0.25) is 0 Å². The molecule has 1 rings (SSSR count). The van der Waals surface area contributed by atoms with Crippen molar-refractivity contribution >= 4 is 17.4 Å². The number of nitrogens with one attached hydrogen (secondary N) is 1. The summed E-state index contributed by atoms with van der Waals surface area (Å²) in [5.74, 6) is 1.72. The van der Waals surface area contributed by atoms with Crippen LogP contribution in [0.5, 0.6) is 0 Å². The Labute approximate surface area is 113 Å². The molecule has 6 heteroatoms. The van der Waals surface area contributed by atoms with Crippen LogP contribution >= 0.6 is 11.6 Å². The number of nitrogens with zero attached hydrogens (tertiary/aromatic N) is 2. The molecule has 1 aromatic heterocycles. The van der Waals surface area contributed by atoms with E-state index in [0.717, 1.165) is 24.6 Å². The summed E-state index contributed by atoms with van der Waals surface area (Å²) in [6, 6.07) is 1.71. The molecule has 0 saturated heterocycles. The van der Waals surface area contributed by atoms with Crippen molar-refractivity contribution < 1.29 is 9.84 Å². The molecule has 0 atom stereocenters. The molecular weight excluding hydrogens is 254 g/mol. The lowest BCUT2D eigenvalue weighted by molar-refractivity contribution is 0.0922. The average Bonchev–Trinajstić information content (AvgIpc) is 2.33. The predicted octanol–water partition coefficient (Wildman–Crippen LogP) is 2.06. The molecule has 0 bridgehead atoms. The molecule has 0 spiro atoms. The van der Waals surface area contributed by atoms with Crippen molar-refractivity contribution in [3.05, 3.63) is 17.0 Å². The van der Waals surface area contributed by atoms with Gasteiger partial charge in [-0.15, -0.1) is 0 Å². The molecule has 0 aliphatic rings. The molecular formula is C12H20ClN3O2. The van der Waals surface area contributed by atoms with Crippen LogP contribution < -0.4 is 5.32 Å². The fourth-order valence-electron chi connectivity index (χ4n) is 1.34. The number of halogens is 1. The highest BCUT2D eigenvalue weighted by atomic mass is 35.5. The Hall–Kier alpha value is -0.910. The van der Waals surface area contributed by atoms with Crippen LogP contribution in [0.3, 0.4) is 0 Å². The summed E-state index contributed by atoms with van der Waals surface area (Å²) < 4.78 is 5.16. The van der Waals surface area contributed by atoms with Gasteiger partial charge in [0.1, 0.15) is 16.8 Å². The van der Waals surface area contributed by atoms with E-state index in [0.29, 0.717) is 18.4 Å². The number of rotatable bonds is 8. The van der Waals surface area contributed by atoms with E-state index in [1.807, 2.05) is 13.8 Å². The Kier molecular flexibility index (Phi) is 6.93. The van der Waals surface area contributed by atoms with Gasteiger partial charge in [0.25, 0.3) is 0 Å². The highest BCUT2D eigenvalue weighted by Gasteiger charge is 2.06. The summed E-state index contributed by atoms with van der Waals surface area (Å²) in [5.41, 5.74) is 0. The standard InChI is InChI=1S/C12H20ClN3O2/c1-9(2)12-15-10(13)8-11(16-12)14-4-3-6-18-7-5-17/h8-9,17H,3-7H2,1-2H3,(H,14,15,16). The number of aliphatic hydroxyl groups excluding tert-OH is 1. The first-order valence-corrected chi connectivity index (χ1v) is 6.48. The third kappa shape index (κ3) is 5.62. The topological polar surface area (TPSA) is 67.3 Å². The normalized spacial score (nSPS) is 10.9. The first kappa shape index (κ1) is 15.1. The minimum absolute atomic E-state index is 0.0622. The van der Waals surface area contributed by atoms with Crippen LogP contribution in [0.1, 0.15) is 32.0 Å². The lowest BCUT2D eigenvalue weighted by Crippen LogP contribution is -2.10. The van der Waals surface area contributed by atoms with Gasteiger partial charge in [-0.25, -0.2) is 9.97 Å². The van der Waals surface area contributed by atoms with E-state index in [4.69, 9.17) is 21.4 Å². The first-order chi connectivity index (χ1) is 8.63. The minimum Gasteiger partial charge on any atom is -0.394 e. The molecule has 0 aliphatic heterocycles. The third-order valence-electron chi connectivity index (χ3n) is 2.24. The van der Waals surface area contributed by atoms with E-state index in [1.165, 1.54) is 0 Å². The summed E-state index contributed by atoms with van der Waals surface area (Å²) >= 11 is 5.93. The quantitative estimate of drug-likeness (QED) is 0.561. The number of hydrogen-bond acceptors (Lipinski definition) is 5. The number of aromatic nitrogens is 2. The van der Waals surface area contributed by atoms with Gasteiger partial charge in [0.15, 0.2) is 0 Å². The molecule has 0 amide bonds. The Morgan fingerprint density at radius 3 is 2.83 bits per heavy atom. The van der Waals surface area contributed by atoms with E-state index in [1.54, 1.807) is 6.07 Å². The van der Waals surface area contributed by atoms with Crippen molar-refractivity contribution in [1.29, 1.82) is 0 Å². The highest BCUT2D eigenvalue weighted by Crippen LogP contribution is 2.16. The minimum atomic E-state index is 0.0622. The van der Waals surface area contributed by atoms with Gasteiger partial charge >= 0.3 is 0 Å². The van der Waals surface area contributed by atoms with Crippen LogP contribution in [-0.2, 0) is 4.74 Å². The van der Waals surface area contributed by atoms with Gasteiger partial charge in [-0.3, -0.25) is 0 Å². The van der Waals surface area contributed by atoms with Crippen LogP contribution in [0.15, 0.2) is 6.07 Å². The maximum absolute atomic E-state index is 8.54. The molecule has 0 unspecified atom stereocenters. The van der Waals surface area contributed by atoms with Gasteiger partial charge in [0.05, 0.1) is 13.2 Å². The van der Waals surface area contributed by atoms with E-state index in [9.17, 15) is 0 Å². The van der Waals surface area contributed by atoms with E-state index < -0.39 is 0 Å². The van der Waals surface area contributed by atoms with Crippen molar-refractivity contribution in [3.63, 3.8) is 0 Å². The van der Waals surface area contributed by atoms with Crippen LogP contribution in [-0.4, -0.2) is 41.4 Å². The fourth-order valence-corrected chi connectivity index (χ4v) is 1.53. The monoisotopic (exact) mass is 273 g/mol. The Bertz CT molecular complexity index is 361. The van der Waals surface area contributed by atoms with Crippen LogP contribution in [0, 0.1) is 0 Å². The van der Waals surface area contributed by atoms with Crippen molar-refractivity contribution in [2.24, 2.45) is 0 Å². The summed E-state index contributed by atoms with van der Waals surface area (Å²) in [7, 11) is 0. The van der Waals surface area contributed by atoms with Crippen molar-refractivity contribution in [2.45, 2.75) is 26.2 Å². The second-order valence-electron chi connectivity index (χ2n) is 4.21. The SMILES string of the molecule is CC(C)c1nc(Cl)cc(NCCCOCCO)n1. The average molecular weight is 274 g/mol. The predicted molar refractivity (Wildman–Crippen MR) is 72.1 cm³/mol. The smallest absolute Gasteiger partial charge is 0.135 e. The number of hydrogen-bond donors (Lipinski definition) is 2. The molecule has 0 aromatic carbocycles. The molecule has 0 saturated carbocycles. The second kappa shape index (κ2) is 8.24. The zero-order chi connectivity index (χ0) is 13.4. The summed E-state index contributed by atoms with van der Waals surface area (Å²) in [6.45, 7) is 5.86. The Morgan fingerprint density at radius 1 is 1.39 bits per heavy atom. The van der Waals surface area contributed by atoms with Gasteiger partial charge in [0, 0.05) is 25.1 Å². The third-order valence-corrected chi connectivity index (χ3v) is 2.43. The summed E-state index contributed by atoms with van der Waals surface area (Å²) in [6.07, 6.45) is 0.846. The first-order valence-electron chi connectivity index (χ1n) is 6.10. The van der Waals surface area contributed by atoms with Crippen LogP contribution in [0.4, 0.5) is 5.82 Å². The lowest BCUT2D eigenvalue weighted by Gasteiger charge is -2.09. The van der Waals surface area contributed by atoms with Gasteiger partial charge in [-0.2, -0.15) is 0 Å². The van der Waals surface area contributed by atoms with Crippen molar-refractivity contribution in [1.82, 2.24) is 9.97 Å². The number of anilines is 1. The zero-order valence-corrected chi connectivity index (χ0v) is 11.6. The Balaban J connectivity index is 2.37. The molecule has 5 nitrogen and oxygen atoms in total. The van der Waals surface area contributed by atoms with Crippen LogP contribution in [0.25, 0.3) is 0 Å². The largest absolute Gasteiger partial charge is 0.394 e. The Morgan fingerprint density at radius 2 is 2.17 bits per heavy atom. The molecule has 0 radical (unpaired) electrons. The van der Waals surface area contributed by atoms with E-state index in [-0.39, 0.29) is 12.5 Å². The molecule has 0 aliphatic carbocycles. The lowest BCUT2D eigenvalue weighted by atomic mass is 10.2. The zero-order valence-electron chi connectivity index (χ0n) is 10.8. The highest BCUT2D eigenvalue weighted by molar-refractivity contribution is 6.29. The molecule has 1 aromatic rings. The molecule has 102 valence electrons.